The van der Waals surface area contributed by atoms with Gasteiger partial charge in [-0.15, -0.1) is 0 Å². The SMILES string of the molecule is O=C(NC1(CO)CCCC1)c1cccc(F)c1Br. The van der Waals surface area contributed by atoms with E-state index in [1.165, 1.54) is 12.1 Å². The summed E-state index contributed by atoms with van der Waals surface area (Å²) < 4.78 is 13.5. The molecule has 0 bridgehead atoms. The molecule has 18 heavy (non-hydrogen) atoms. The standard InChI is InChI=1S/C13H15BrFNO2/c14-11-9(4-3-5-10(11)15)12(18)16-13(8-17)6-1-2-7-13/h3-5,17H,1-2,6-8H2,(H,16,18). The van der Waals surface area contributed by atoms with Gasteiger partial charge in [0.2, 0.25) is 0 Å². The Morgan fingerprint density at radius 1 is 1.44 bits per heavy atom. The zero-order valence-electron chi connectivity index (χ0n) is 9.88. The first-order chi connectivity index (χ1) is 8.58. The lowest BCUT2D eigenvalue weighted by Crippen LogP contribution is -2.49. The van der Waals surface area contributed by atoms with Crippen LogP contribution in [0.1, 0.15) is 36.0 Å². The van der Waals surface area contributed by atoms with Crippen molar-refractivity contribution in [3.63, 3.8) is 0 Å². The minimum absolute atomic E-state index is 0.0777. The van der Waals surface area contributed by atoms with Crippen LogP contribution >= 0.6 is 15.9 Å². The van der Waals surface area contributed by atoms with Crippen LogP contribution in [0.2, 0.25) is 0 Å². The fourth-order valence-corrected chi connectivity index (χ4v) is 2.81. The zero-order valence-corrected chi connectivity index (χ0v) is 11.5. The van der Waals surface area contributed by atoms with Crippen LogP contribution in [0.15, 0.2) is 22.7 Å². The molecule has 5 heteroatoms. The number of halogens is 2. The van der Waals surface area contributed by atoms with Gasteiger partial charge in [0.1, 0.15) is 5.82 Å². The molecule has 1 aliphatic carbocycles. The fourth-order valence-electron chi connectivity index (χ4n) is 2.36. The summed E-state index contributed by atoms with van der Waals surface area (Å²) in [5, 5.41) is 12.3. The van der Waals surface area contributed by atoms with Crippen LogP contribution < -0.4 is 5.32 Å². The van der Waals surface area contributed by atoms with Crippen molar-refractivity contribution in [3.05, 3.63) is 34.1 Å². The molecule has 2 rings (SSSR count). The second-order valence-electron chi connectivity index (χ2n) is 4.70. The summed E-state index contributed by atoms with van der Waals surface area (Å²) in [4.78, 5) is 12.1. The van der Waals surface area contributed by atoms with Gasteiger partial charge in [-0.25, -0.2) is 4.39 Å². The van der Waals surface area contributed by atoms with Gasteiger partial charge in [-0.05, 0) is 40.9 Å². The Kier molecular flexibility index (Phi) is 4.02. The molecule has 3 nitrogen and oxygen atoms in total. The van der Waals surface area contributed by atoms with E-state index in [1.54, 1.807) is 6.07 Å². The summed E-state index contributed by atoms with van der Waals surface area (Å²) in [6, 6.07) is 4.34. The monoisotopic (exact) mass is 315 g/mol. The van der Waals surface area contributed by atoms with Crippen LogP contribution in [-0.4, -0.2) is 23.2 Å². The largest absolute Gasteiger partial charge is 0.394 e. The molecule has 0 radical (unpaired) electrons. The van der Waals surface area contributed by atoms with E-state index >= 15 is 0 Å². The third kappa shape index (κ3) is 2.57. The highest BCUT2D eigenvalue weighted by molar-refractivity contribution is 9.10. The van der Waals surface area contributed by atoms with Crippen molar-refractivity contribution in [1.82, 2.24) is 5.32 Å². The normalized spacial score (nSPS) is 17.7. The number of amides is 1. The molecule has 0 heterocycles. The zero-order chi connectivity index (χ0) is 13.2. The van der Waals surface area contributed by atoms with E-state index in [1.807, 2.05) is 0 Å². The molecule has 1 aliphatic rings. The molecule has 0 spiro atoms. The van der Waals surface area contributed by atoms with E-state index in [4.69, 9.17) is 0 Å². The molecule has 0 atom stereocenters. The van der Waals surface area contributed by atoms with Crippen molar-refractivity contribution in [1.29, 1.82) is 0 Å². The first-order valence-electron chi connectivity index (χ1n) is 5.95. The van der Waals surface area contributed by atoms with Gasteiger partial charge >= 0.3 is 0 Å². The Labute approximate surface area is 114 Å². The number of benzene rings is 1. The number of carbonyl (C=O) groups is 1. The van der Waals surface area contributed by atoms with Crippen LogP contribution in [-0.2, 0) is 0 Å². The van der Waals surface area contributed by atoms with E-state index in [0.717, 1.165) is 25.7 Å². The molecule has 1 aromatic rings. The highest BCUT2D eigenvalue weighted by Crippen LogP contribution is 2.30. The summed E-state index contributed by atoms with van der Waals surface area (Å²) in [5.74, 6) is -0.815. The Hall–Kier alpha value is -0.940. The number of aliphatic hydroxyl groups is 1. The van der Waals surface area contributed by atoms with E-state index in [-0.39, 0.29) is 22.6 Å². The van der Waals surface area contributed by atoms with Gasteiger partial charge in [-0.1, -0.05) is 18.9 Å². The Morgan fingerprint density at radius 3 is 2.72 bits per heavy atom. The predicted octanol–water partition coefficient (Wildman–Crippen LogP) is 2.62. The number of carbonyl (C=O) groups excluding carboxylic acids is 1. The summed E-state index contributed by atoms with van der Waals surface area (Å²) in [6.07, 6.45) is 3.51. The fraction of sp³-hybridized carbons (Fsp3) is 0.462. The second-order valence-corrected chi connectivity index (χ2v) is 5.49. The van der Waals surface area contributed by atoms with Crippen molar-refractivity contribution in [2.75, 3.05) is 6.61 Å². The van der Waals surface area contributed by atoms with Crippen molar-refractivity contribution in [2.24, 2.45) is 0 Å². The number of nitrogens with one attached hydrogen (secondary N) is 1. The summed E-state index contributed by atoms with van der Waals surface area (Å²) in [7, 11) is 0. The van der Waals surface area contributed by atoms with E-state index in [9.17, 15) is 14.3 Å². The van der Waals surface area contributed by atoms with Gasteiger partial charge in [-0.2, -0.15) is 0 Å². The van der Waals surface area contributed by atoms with Crippen molar-refractivity contribution in [3.8, 4) is 0 Å². The molecule has 1 fully saturated rings. The second kappa shape index (κ2) is 5.36. The molecule has 1 saturated carbocycles. The summed E-state index contributed by atoms with van der Waals surface area (Å²) in [6.45, 7) is -0.0777. The van der Waals surface area contributed by atoms with Crippen LogP contribution in [0.5, 0.6) is 0 Å². The number of aliphatic hydroxyl groups excluding tert-OH is 1. The molecular formula is C13H15BrFNO2. The minimum Gasteiger partial charge on any atom is -0.394 e. The maximum Gasteiger partial charge on any atom is 0.253 e. The lowest BCUT2D eigenvalue weighted by atomic mass is 9.98. The summed E-state index contributed by atoms with van der Waals surface area (Å²) >= 11 is 3.07. The van der Waals surface area contributed by atoms with Gasteiger partial charge in [0, 0.05) is 0 Å². The average molecular weight is 316 g/mol. The molecule has 0 aliphatic heterocycles. The van der Waals surface area contributed by atoms with E-state index in [2.05, 4.69) is 21.2 Å². The minimum atomic E-state index is -0.539. The highest BCUT2D eigenvalue weighted by Gasteiger charge is 2.35. The Balaban J connectivity index is 2.19. The van der Waals surface area contributed by atoms with Crippen molar-refractivity contribution >= 4 is 21.8 Å². The van der Waals surface area contributed by atoms with Crippen LogP contribution in [0.3, 0.4) is 0 Å². The number of rotatable bonds is 3. The Morgan fingerprint density at radius 2 is 2.11 bits per heavy atom. The third-order valence-electron chi connectivity index (χ3n) is 3.44. The van der Waals surface area contributed by atoms with Gasteiger partial charge in [0.05, 0.1) is 22.2 Å². The molecule has 0 unspecified atom stereocenters. The maximum absolute atomic E-state index is 13.4. The van der Waals surface area contributed by atoms with Crippen LogP contribution in [0.25, 0.3) is 0 Å². The van der Waals surface area contributed by atoms with Gasteiger partial charge < -0.3 is 10.4 Å². The predicted molar refractivity (Wildman–Crippen MR) is 69.9 cm³/mol. The quantitative estimate of drug-likeness (QED) is 0.901. The maximum atomic E-state index is 13.4. The Bertz CT molecular complexity index is 458. The molecule has 1 amide bonds. The lowest BCUT2D eigenvalue weighted by molar-refractivity contribution is 0.0837. The molecule has 0 saturated heterocycles. The number of hydrogen-bond donors (Lipinski definition) is 2. The molecular weight excluding hydrogens is 301 g/mol. The van der Waals surface area contributed by atoms with E-state index in [0.29, 0.717) is 0 Å². The van der Waals surface area contributed by atoms with Crippen LogP contribution in [0.4, 0.5) is 4.39 Å². The first-order valence-corrected chi connectivity index (χ1v) is 6.75. The van der Waals surface area contributed by atoms with Gasteiger partial charge in [-0.3, -0.25) is 4.79 Å². The molecule has 1 aromatic carbocycles. The van der Waals surface area contributed by atoms with Gasteiger partial charge in [0.15, 0.2) is 0 Å². The van der Waals surface area contributed by atoms with Crippen molar-refractivity contribution in [2.45, 2.75) is 31.2 Å². The van der Waals surface area contributed by atoms with E-state index < -0.39 is 11.4 Å². The van der Waals surface area contributed by atoms with Gasteiger partial charge in [0.25, 0.3) is 5.91 Å². The summed E-state index contributed by atoms with van der Waals surface area (Å²) in [5.41, 5.74) is -0.280. The van der Waals surface area contributed by atoms with Crippen LogP contribution in [0, 0.1) is 5.82 Å². The van der Waals surface area contributed by atoms with Crippen molar-refractivity contribution < 1.29 is 14.3 Å². The molecule has 98 valence electrons. The topological polar surface area (TPSA) is 49.3 Å². The highest BCUT2D eigenvalue weighted by atomic mass is 79.9. The third-order valence-corrected chi connectivity index (χ3v) is 4.24. The smallest absolute Gasteiger partial charge is 0.253 e. The first kappa shape index (κ1) is 13.5. The number of hydrogen-bond acceptors (Lipinski definition) is 2. The average Bonchev–Trinajstić information content (AvgIpc) is 2.81. The molecule has 2 N–H and O–H groups in total. The molecule has 0 aromatic heterocycles. The lowest BCUT2D eigenvalue weighted by Gasteiger charge is -2.28.